The third kappa shape index (κ3) is 2.56. The number of rotatable bonds is 5. The summed E-state index contributed by atoms with van der Waals surface area (Å²) in [6.45, 7) is 8.91. The lowest BCUT2D eigenvalue weighted by atomic mass is 9.96. The molecule has 0 saturated carbocycles. The Bertz CT molecular complexity index is 329. The number of anilines is 1. The predicted molar refractivity (Wildman–Crippen MR) is 69.8 cm³/mol. The van der Waals surface area contributed by atoms with Gasteiger partial charge in [0.05, 0.1) is 0 Å². The van der Waals surface area contributed by atoms with Crippen LogP contribution in [0.5, 0.6) is 0 Å². The Kier molecular flexibility index (Phi) is 3.83. The average Bonchev–Trinajstić information content (AvgIpc) is 2.26. The minimum atomic E-state index is 0.914. The molecular formula is C14H22N2. The molecular weight excluding hydrogens is 196 g/mol. The van der Waals surface area contributed by atoms with Crippen LogP contribution in [0.4, 0.5) is 5.69 Å². The first-order chi connectivity index (χ1) is 7.83. The summed E-state index contributed by atoms with van der Waals surface area (Å²) in [5.41, 5.74) is 2.78. The maximum Gasteiger partial charge on any atom is 0.0369 e. The second-order valence-corrected chi connectivity index (χ2v) is 4.63. The van der Waals surface area contributed by atoms with Gasteiger partial charge in [-0.25, -0.2) is 0 Å². The Morgan fingerprint density at radius 1 is 1.31 bits per heavy atom. The van der Waals surface area contributed by atoms with Gasteiger partial charge in [0.25, 0.3) is 0 Å². The molecule has 1 fully saturated rings. The summed E-state index contributed by atoms with van der Waals surface area (Å²) in [7, 11) is 0. The zero-order valence-electron chi connectivity index (χ0n) is 10.4. The van der Waals surface area contributed by atoms with Crippen molar-refractivity contribution >= 4 is 5.69 Å². The monoisotopic (exact) mass is 218 g/mol. The lowest BCUT2D eigenvalue weighted by Gasteiger charge is -2.41. The van der Waals surface area contributed by atoms with E-state index in [2.05, 4.69) is 48.3 Å². The number of hydrogen-bond donors (Lipinski definition) is 1. The largest absolute Gasteiger partial charge is 0.371 e. The second-order valence-electron chi connectivity index (χ2n) is 4.63. The van der Waals surface area contributed by atoms with Gasteiger partial charge >= 0.3 is 0 Å². The summed E-state index contributed by atoms with van der Waals surface area (Å²) in [4.78, 5) is 2.48. The molecule has 0 amide bonds. The smallest absolute Gasteiger partial charge is 0.0369 e. The van der Waals surface area contributed by atoms with E-state index in [-0.39, 0.29) is 0 Å². The maximum absolute atomic E-state index is 3.37. The fourth-order valence-electron chi connectivity index (χ4n) is 2.17. The molecule has 2 heteroatoms. The number of nitrogens with zero attached hydrogens (tertiary/aromatic N) is 1. The Labute approximate surface area is 98.7 Å². The molecule has 88 valence electrons. The molecule has 0 atom stereocenters. The SMILES string of the molecule is CCNCc1cccc(N2CC(CC)C2)c1. The molecule has 0 spiro atoms. The van der Waals surface area contributed by atoms with Crippen molar-refractivity contribution in [1.29, 1.82) is 0 Å². The van der Waals surface area contributed by atoms with E-state index in [1.165, 1.54) is 30.8 Å². The predicted octanol–water partition coefficient (Wildman–Crippen LogP) is 2.64. The third-order valence-electron chi connectivity index (χ3n) is 3.39. The van der Waals surface area contributed by atoms with Crippen LogP contribution in [0, 0.1) is 5.92 Å². The molecule has 1 aliphatic rings. The minimum Gasteiger partial charge on any atom is -0.371 e. The van der Waals surface area contributed by atoms with Crippen molar-refractivity contribution in [3.8, 4) is 0 Å². The number of benzene rings is 1. The van der Waals surface area contributed by atoms with Crippen LogP contribution in [-0.4, -0.2) is 19.6 Å². The standard InChI is InChI=1S/C14H22N2/c1-3-12-10-16(11-12)14-7-5-6-13(8-14)9-15-4-2/h5-8,12,15H,3-4,9-11H2,1-2H3. The van der Waals surface area contributed by atoms with E-state index in [9.17, 15) is 0 Å². The molecule has 1 saturated heterocycles. The van der Waals surface area contributed by atoms with Crippen LogP contribution in [0.2, 0.25) is 0 Å². The Morgan fingerprint density at radius 2 is 2.12 bits per heavy atom. The second kappa shape index (κ2) is 5.35. The van der Waals surface area contributed by atoms with Crippen LogP contribution < -0.4 is 10.2 Å². The molecule has 1 heterocycles. The molecule has 0 bridgehead atoms. The van der Waals surface area contributed by atoms with Crippen LogP contribution in [0.1, 0.15) is 25.8 Å². The van der Waals surface area contributed by atoms with Gasteiger partial charge in [0, 0.05) is 25.3 Å². The molecule has 2 nitrogen and oxygen atoms in total. The Balaban J connectivity index is 1.94. The molecule has 1 N–H and O–H groups in total. The first kappa shape index (κ1) is 11.5. The van der Waals surface area contributed by atoms with Crippen molar-refractivity contribution in [3.63, 3.8) is 0 Å². The van der Waals surface area contributed by atoms with Gasteiger partial charge in [-0.3, -0.25) is 0 Å². The molecule has 2 rings (SSSR count). The van der Waals surface area contributed by atoms with E-state index in [4.69, 9.17) is 0 Å². The van der Waals surface area contributed by atoms with E-state index in [0.717, 1.165) is 19.0 Å². The average molecular weight is 218 g/mol. The van der Waals surface area contributed by atoms with Crippen molar-refractivity contribution in [2.45, 2.75) is 26.8 Å². The lowest BCUT2D eigenvalue weighted by Crippen LogP contribution is -2.46. The van der Waals surface area contributed by atoms with Gasteiger partial charge < -0.3 is 10.2 Å². The molecule has 0 radical (unpaired) electrons. The molecule has 0 aliphatic carbocycles. The van der Waals surface area contributed by atoms with Crippen molar-refractivity contribution < 1.29 is 0 Å². The molecule has 1 aromatic carbocycles. The molecule has 0 unspecified atom stereocenters. The van der Waals surface area contributed by atoms with Crippen LogP contribution in [0.3, 0.4) is 0 Å². The highest BCUT2D eigenvalue weighted by Gasteiger charge is 2.24. The van der Waals surface area contributed by atoms with Crippen molar-refractivity contribution in [3.05, 3.63) is 29.8 Å². The summed E-state index contributed by atoms with van der Waals surface area (Å²) in [5, 5.41) is 3.37. The summed E-state index contributed by atoms with van der Waals surface area (Å²) in [6, 6.07) is 8.90. The summed E-state index contributed by atoms with van der Waals surface area (Å²) < 4.78 is 0. The third-order valence-corrected chi connectivity index (χ3v) is 3.39. The summed E-state index contributed by atoms with van der Waals surface area (Å²) in [6.07, 6.45) is 1.31. The van der Waals surface area contributed by atoms with E-state index in [0.29, 0.717) is 0 Å². The van der Waals surface area contributed by atoms with Gasteiger partial charge in [-0.05, 0) is 36.6 Å². The van der Waals surface area contributed by atoms with Crippen molar-refractivity contribution in [2.75, 3.05) is 24.5 Å². The Morgan fingerprint density at radius 3 is 2.81 bits per heavy atom. The van der Waals surface area contributed by atoms with Gasteiger partial charge in [-0.15, -0.1) is 0 Å². The van der Waals surface area contributed by atoms with Gasteiger partial charge in [0.15, 0.2) is 0 Å². The highest BCUT2D eigenvalue weighted by molar-refractivity contribution is 5.50. The van der Waals surface area contributed by atoms with Crippen molar-refractivity contribution in [2.24, 2.45) is 5.92 Å². The first-order valence-corrected chi connectivity index (χ1v) is 6.38. The van der Waals surface area contributed by atoms with Crippen LogP contribution in [0.25, 0.3) is 0 Å². The highest BCUT2D eigenvalue weighted by Crippen LogP contribution is 2.26. The molecule has 1 aromatic rings. The number of nitrogens with one attached hydrogen (secondary N) is 1. The fourth-order valence-corrected chi connectivity index (χ4v) is 2.17. The fraction of sp³-hybridized carbons (Fsp3) is 0.571. The van der Waals surface area contributed by atoms with Gasteiger partial charge in [0.2, 0.25) is 0 Å². The molecule has 1 aliphatic heterocycles. The Hall–Kier alpha value is -1.02. The van der Waals surface area contributed by atoms with Crippen LogP contribution in [-0.2, 0) is 6.54 Å². The van der Waals surface area contributed by atoms with E-state index in [1.54, 1.807) is 0 Å². The quantitative estimate of drug-likeness (QED) is 0.817. The highest BCUT2D eigenvalue weighted by atomic mass is 15.2. The van der Waals surface area contributed by atoms with Gasteiger partial charge in [0.1, 0.15) is 0 Å². The normalized spacial score (nSPS) is 16.2. The number of hydrogen-bond acceptors (Lipinski definition) is 2. The lowest BCUT2D eigenvalue weighted by molar-refractivity contribution is 0.399. The first-order valence-electron chi connectivity index (χ1n) is 6.38. The minimum absolute atomic E-state index is 0.914. The van der Waals surface area contributed by atoms with Gasteiger partial charge in [-0.2, -0.15) is 0 Å². The molecule has 0 aromatic heterocycles. The van der Waals surface area contributed by atoms with Crippen molar-refractivity contribution in [1.82, 2.24) is 5.32 Å². The van der Waals surface area contributed by atoms with E-state index >= 15 is 0 Å². The van der Waals surface area contributed by atoms with Gasteiger partial charge in [-0.1, -0.05) is 26.0 Å². The molecule has 16 heavy (non-hydrogen) atoms. The zero-order valence-corrected chi connectivity index (χ0v) is 10.4. The van der Waals surface area contributed by atoms with E-state index < -0.39 is 0 Å². The zero-order chi connectivity index (χ0) is 11.4. The maximum atomic E-state index is 3.37. The summed E-state index contributed by atoms with van der Waals surface area (Å²) >= 11 is 0. The van der Waals surface area contributed by atoms with Crippen LogP contribution >= 0.6 is 0 Å². The topological polar surface area (TPSA) is 15.3 Å². The van der Waals surface area contributed by atoms with E-state index in [1.807, 2.05) is 0 Å². The summed E-state index contributed by atoms with van der Waals surface area (Å²) in [5.74, 6) is 0.914. The van der Waals surface area contributed by atoms with Crippen LogP contribution in [0.15, 0.2) is 24.3 Å².